The molecular formula is C14H22INO4. The fraction of sp³-hybridized carbons (Fsp3) is 0.857. The van der Waals surface area contributed by atoms with Crippen molar-refractivity contribution < 1.29 is 19.1 Å². The van der Waals surface area contributed by atoms with Crippen LogP contribution in [0.3, 0.4) is 0 Å². The molecule has 1 atom stereocenters. The van der Waals surface area contributed by atoms with E-state index in [1.807, 2.05) is 0 Å². The molecule has 5 nitrogen and oxygen atoms in total. The second-order valence-corrected chi connectivity index (χ2v) is 9.40. The summed E-state index contributed by atoms with van der Waals surface area (Å²) in [5.74, 6) is -0.400. The van der Waals surface area contributed by atoms with E-state index in [1.54, 1.807) is 20.8 Å². The van der Waals surface area contributed by atoms with Gasteiger partial charge >= 0.3 is 12.1 Å². The molecule has 1 N–H and O–H groups in total. The molecule has 2 bridgehead atoms. The molecule has 20 heavy (non-hydrogen) atoms. The Labute approximate surface area is 133 Å². The fourth-order valence-corrected chi connectivity index (χ4v) is 5.72. The summed E-state index contributed by atoms with van der Waals surface area (Å²) in [6, 6.07) is -0.615. The van der Waals surface area contributed by atoms with Crippen molar-refractivity contribution in [1.29, 1.82) is 0 Å². The van der Waals surface area contributed by atoms with Crippen molar-refractivity contribution in [1.82, 2.24) is 5.32 Å². The summed E-state index contributed by atoms with van der Waals surface area (Å²) >= 11 is 2.49. The number of amides is 1. The van der Waals surface area contributed by atoms with E-state index >= 15 is 0 Å². The summed E-state index contributed by atoms with van der Waals surface area (Å²) in [5.41, 5.74) is -0.359. The van der Waals surface area contributed by atoms with Crippen molar-refractivity contribution in [2.45, 2.75) is 61.5 Å². The molecule has 0 radical (unpaired) electrons. The van der Waals surface area contributed by atoms with Gasteiger partial charge in [0.05, 0.1) is 7.11 Å². The standard InChI is InChI=1S/C14H22INO4/c1-12(2,3)20-11(18)16-9(10(17)19-4)5-13-6-14(15,7-13)8-13/h9H,5-8H2,1-4H3,(H,16,18)/t9-,13?,14?/m0/s1. The fourth-order valence-electron chi connectivity index (χ4n) is 3.30. The number of alkyl carbamates (subject to hydrolysis) is 1. The van der Waals surface area contributed by atoms with E-state index < -0.39 is 23.7 Å². The third kappa shape index (κ3) is 3.38. The number of alkyl halides is 1. The lowest BCUT2D eigenvalue weighted by Gasteiger charge is -2.69. The van der Waals surface area contributed by atoms with E-state index in [0.29, 0.717) is 9.84 Å². The first-order chi connectivity index (χ1) is 9.06. The number of hydrogen-bond donors (Lipinski definition) is 1. The molecule has 0 aromatic heterocycles. The zero-order valence-electron chi connectivity index (χ0n) is 12.4. The molecule has 0 aromatic carbocycles. The number of nitrogens with one attached hydrogen (secondary N) is 1. The first-order valence-corrected chi connectivity index (χ1v) is 7.91. The second kappa shape index (κ2) is 5.03. The van der Waals surface area contributed by atoms with Crippen LogP contribution in [0.1, 0.15) is 46.5 Å². The maximum atomic E-state index is 11.8. The summed E-state index contributed by atoms with van der Waals surface area (Å²) in [4.78, 5) is 23.6. The van der Waals surface area contributed by atoms with Crippen LogP contribution >= 0.6 is 22.6 Å². The van der Waals surface area contributed by atoms with E-state index in [4.69, 9.17) is 9.47 Å². The van der Waals surface area contributed by atoms with Crippen LogP contribution in [0.15, 0.2) is 0 Å². The Kier molecular flexibility index (Phi) is 3.99. The van der Waals surface area contributed by atoms with E-state index in [-0.39, 0.29) is 5.41 Å². The Balaban J connectivity index is 1.91. The molecular weight excluding hydrogens is 373 g/mol. The Morgan fingerprint density at radius 1 is 1.30 bits per heavy atom. The molecule has 1 amide bonds. The highest BCUT2D eigenvalue weighted by atomic mass is 127. The number of carbonyl (C=O) groups excluding carboxylic acids is 2. The summed E-state index contributed by atoms with van der Waals surface area (Å²) in [7, 11) is 1.34. The van der Waals surface area contributed by atoms with Crippen molar-refractivity contribution in [3.05, 3.63) is 0 Å². The Bertz CT molecular complexity index is 410. The van der Waals surface area contributed by atoms with Crippen molar-refractivity contribution in [3.8, 4) is 0 Å². The minimum absolute atomic E-state index is 0.217. The quantitative estimate of drug-likeness (QED) is 0.452. The molecule has 0 unspecified atom stereocenters. The van der Waals surface area contributed by atoms with Gasteiger partial charge in [0.2, 0.25) is 0 Å². The van der Waals surface area contributed by atoms with Gasteiger partial charge in [-0.1, -0.05) is 22.6 Å². The predicted molar refractivity (Wildman–Crippen MR) is 82.8 cm³/mol. The highest BCUT2D eigenvalue weighted by Gasteiger charge is 2.66. The maximum Gasteiger partial charge on any atom is 0.408 e. The van der Waals surface area contributed by atoms with E-state index in [1.165, 1.54) is 7.11 Å². The van der Waals surface area contributed by atoms with Crippen LogP contribution < -0.4 is 5.32 Å². The molecule has 0 aliphatic heterocycles. The average molecular weight is 395 g/mol. The molecule has 3 rings (SSSR count). The molecule has 0 spiro atoms. The van der Waals surface area contributed by atoms with Gasteiger partial charge in [-0.25, -0.2) is 9.59 Å². The molecule has 114 valence electrons. The van der Waals surface area contributed by atoms with Crippen LogP contribution in [-0.2, 0) is 14.3 Å². The minimum atomic E-state index is -0.615. The topological polar surface area (TPSA) is 64.6 Å². The lowest BCUT2D eigenvalue weighted by atomic mass is 9.42. The van der Waals surface area contributed by atoms with E-state index in [0.717, 1.165) is 19.3 Å². The van der Waals surface area contributed by atoms with Crippen LogP contribution in [0, 0.1) is 5.41 Å². The van der Waals surface area contributed by atoms with Crippen LogP contribution in [0.5, 0.6) is 0 Å². The minimum Gasteiger partial charge on any atom is -0.467 e. The first kappa shape index (κ1) is 15.9. The Morgan fingerprint density at radius 2 is 1.85 bits per heavy atom. The van der Waals surface area contributed by atoms with Gasteiger partial charge in [0.1, 0.15) is 11.6 Å². The number of carbonyl (C=O) groups is 2. The number of ether oxygens (including phenoxy) is 2. The monoisotopic (exact) mass is 395 g/mol. The lowest BCUT2D eigenvalue weighted by molar-refractivity contribution is -0.148. The number of halogens is 1. The van der Waals surface area contributed by atoms with E-state index in [2.05, 4.69) is 27.9 Å². The number of esters is 1. The highest BCUT2D eigenvalue weighted by Crippen LogP contribution is 2.73. The Hall–Kier alpha value is -0.530. The summed E-state index contributed by atoms with van der Waals surface area (Å²) in [6.07, 6.45) is 3.46. The highest BCUT2D eigenvalue weighted by molar-refractivity contribution is 14.1. The normalized spacial score (nSPS) is 32.5. The van der Waals surface area contributed by atoms with Crippen molar-refractivity contribution in [3.63, 3.8) is 0 Å². The Morgan fingerprint density at radius 3 is 2.25 bits per heavy atom. The van der Waals surface area contributed by atoms with Crippen LogP contribution in [0.2, 0.25) is 0 Å². The van der Waals surface area contributed by atoms with Gasteiger partial charge < -0.3 is 14.8 Å². The second-order valence-electron chi connectivity index (χ2n) is 7.11. The van der Waals surface area contributed by atoms with Gasteiger partial charge in [0.25, 0.3) is 0 Å². The third-order valence-corrected chi connectivity index (χ3v) is 5.03. The zero-order chi connectivity index (χ0) is 15.2. The summed E-state index contributed by atoms with van der Waals surface area (Å²) < 4.78 is 10.4. The van der Waals surface area contributed by atoms with Crippen LogP contribution in [0.4, 0.5) is 4.79 Å². The smallest absolute Gasteiger partial charge is 0.408 e. The van der Waals surface area contributed by atoms with Crippen LogP contribution in [0.25, 0.3) is 0 Å². The molecule has 0 heterocycles. The van der Waals surface area contributed by atoms with Crippen molar-refractivity contribution in [2.24, 2.45) is 5.41 Å². The van der Waals surface area contributed by atoms with E-state index in [9.17, 15) is 9.59 Å². The maximum absolute atomic E-state index is 11.8. The molecule has 0 aromatic rings. The van der Waals surface area contributed by atoms with Gasteiger partial charge in [-0.15, -0.1) is 0 Å². The summed E-state index contributed by atoms with van der Waals surface area (Å²) in [6.45, 7) is 5.38. The van der Waals surface area contributed by atoms with Crippen LogP contribution in [-0.4, -0.2) is 34.2 Å². The zero-order valence-corrected chi connectivity index (χ0v) is 14.6. The molecule has 3 aliphatic rings. The van der Waals surface area contributed by atoms with Gasteiger partial charge in [-0.05, 0) is 51.9 Å². The van der Waals surface area contributed by atoms with Crippen molar-refractivity contribution in [2.75, 3.05) is 7.11 Å². The first-order valence-electron chi connectivity index (χ1n) is 6.83. The predicted octanol–water partition coefficient (Wildman–Crippen LogP) is 2.80. The van der Waals surface area contributed by atoms with Crippen molar-refractivity contribution >= 4 is 34.7 Å². The van der Waals surface area contributed by atoms with Gasteiger partial charge in [-0.2, -0.15) is 0 Å². The molecule has 3 fully saturated rings. The average Bonchev–Trinajstić information content (AvgIpc) is 2.20. The summed E-state index contributed by atoms with van der Waals surface area (Å²) in [5, 5.41) is 2.65. The molecule has 3 aliphatic carbocycles. The SMILES string of the molecule is COC(=O)[C@H](CC12CC(I)(C1)C2)NC(=O)OC(C)(C)C. The van der Waals surface area contributed by atoms with Gasteiger partial charge in [0.15, 0.2) is 0 Å². The largest absolute Gasteiger partial charge is 0.467 e. The molecule has 6 heteroatoms. The van der Waals surface area contributed by atoms with Gasteiger partial charge in [0, 0.05) is 3.42 Å². The number of hydrogen-bond acceptors (Lipinski definition) is 4. The molecule has 0 saturated heterocycles. The van der Waals surface area contributed by atoms with Gasteiger partial charge in [-0.3, -0.25) is 0 Å². The number of rotatable bonds is 4. The lowest BCUT2D eigenvalue weighted by Crippen LogP contribution is -2.65. The third-order valence-electron chi connectivity index (χ3n) is 3.89. The molecule has 3 saturated carbocycles. The number of methoxy groups -OCH3 is 1.